The van der Waals surface area contributed by atoms with Crippen molar-refractivity contribution in [1.82, 2.24) is 0 Å². The number of nitrogens with one attached hydrogen (secondary N) is 1. The summed E-state index contributed by atoms with van der Waals surface area (Å²) in [7, 11) is 0. The maximum Gasteiger partial charge on any atom is 0.412 e. The fourth-order valence-electron chi connectivity index (χ4n) is 2.40. The van der Waals surface area contributed by atoms with Gasteiger partial charge in [-0.15, -0.1) is 11.3 Å². The summed E-state index contributed by atoms with van der Waals surface area (Å²) in [5.41, 5.74) is 0.294. The molecule has 1 aromatic carbocycles. The number of anilines is 1. The number of hydrogen-bond acceptors (Lipinski definition) is 6. The zero-order valence-corrected chi connectivity index (χ0v) is 15.4. The van der Waals surface area contributed by atoms with E-state index in [9.17, 15) is 14.7 Å². The molecule has 2 heterocycles. The first-order valence-electron chi connectivity index (χ1n) is 8.00. The van der Waals surface area contributed by atoms with Crippen LogP contribution in [0.15, 0.2) is 24.3 Å². The Labute approximate surface area is 154 Å². The van der Waals surface area contributed by atoms with Crippen LogP contribution in [0.1, 0.15) is 30.4 Å². The quantitative estimate of drug-likeness (QED) is 0.831. The number of amides is 1. The first-order chi connectivity index (χ1) is 12.2. The van der Waals surface area contributed by atoms with Crippen molar-refractivity contribution in [3.05, 3.63) is 29.1 Å². The van der Waals surface area contributed by atoms with E-state index < -0.39 is 17.7 Å². The number of hydrogen-bond donors (Lipinski definition) is 2. The first-order valence-corrected chi connectivity index (χ1v) is 8.82. The van der Waals surface area contributed by atoms with Gasteiger partial charge in [0, 0.05) is 4.88 Å². The summed E-state index contributed by atoms with van der Waals surface area (Å²) in [6, 6.07) is 7.01. The van der Waals surface area contributed by atoms with Gasteiger partial charge in [-0.3, -0.25) is 5.32 Å². The Morgan fingerprint density at radius 3 is 2.50 bits per heavy atom. The van der Waals surface area contributed by atoms with Crippen molar-refractivity contribution in [2.24, 2.45) is 0 Å². The molecule has 8 heteroatoms. The summed E-state index contributed by atoms with van der Waals surface area (Å²) < 4.78 is 16.2. The molecule has 0 radical (unpaired) electrons. The van der Waals surface area contributed by atoms with E-state index in [4.69, 9.17) is 14.2 Å². The Hall–Kier alpha value is -2.74. The fourth-order valence-corrected chi connectivity index (χ4v) is 3.34. The average Bonchev–Trinajstić information content (AvgIpc) is 2.96. The Bertz CT molecular complexity index is 852. The van der Waals surface area contributed by atoms with Crippen LogP contribution in [-0.2, 0) is 4.74 Å². The van der Waals surface area contributed by atoms with Crippen LogP contribution >= 0.6 is 11.3 Å². The van der Waals surface area contributed by atoms with Gasteiger partial charge >= 0.3 is 12.1 Å². The van der Waals surface area contributed by atoms with E-state index in [2.05, 4.69) is 5.32 Å². The monoisotopic (exact) mass is 377 g/mol. The zero-order valence-electron chi connectivity index (χ0n) is 14.6. The number of carbonyl (C=O) groups excluding carboxylic acids is 1. The summed E-state index contributed by atoms with van der Waals surface area (Å²) >= 11 is 1.07. The van der Waals surface area contributed by atoms with Gasteiger partial charge in [-0.05, 0) is 50.6 Å². The van der Waals surface area contributed by atoms with Crippen molar-refractivity contribution in [2.45, 2.75) is 26.4 Å². The molecule has 2 aromatic rings. The Morgan fingerprint density at radius 1 is 1.15 bits per heavy atom. The van der Waals surface area contributed by atoms with Crippen molar-refractivity contribution < 1.29 is 28.9 Å². The second-order valence-electron chi connectivity index (χ2n) is 6.64. The van der Waals surface area contributed by atoms with Crippen molar-refractivity contribution in [3.8, 4) is 21.9 Å². The maximum absolute atomic E-state index is 12.0. The predicted octanol–water partition coefficient (Wildman–Crippen LogP) is 4.23. The minimum Gasteiger partial charge on any atom is -0.486 e. The largest absolute Gasteiger partial charge is 0.486 e. The van der Waals surface area contributed by atoms with Crippen molar-refractivity contribution in [2.75, 3.05) is 18.5 Å². The molecule has 0 bridgehead atoms. The average molecular weight is 377 g/mol. The van der Waals surface area contributed by atoms with Gasteiger partial charge in [0.05, 0.1) is 5.69 Å². The molecular formula is C18H19NO6S. The molecule has 1 aliphatic heterocycles. The number of benzene rings is 1. The summed E-state index contributed by atoms with van der Waals surface area (Å²) in [6.45, 7) is 6.17. The van der Waals surface area contributed by atoms with Crippen molar-refractivity contribution in [1.29, 1.82) is 0 Å². The number of aromatic carboxylic acids is 1. The van der Waals surface area contributed by atoms with Crippen LogP contribution in [0.4, 0.5) is 10.5 Å². The predicted molar refractivity (Wildman–Crippen MR) is 97.6 cm³/mol. The minimum absolute atomic E-state index is 0.0285. The molecule has 138 valence electrons. The van der Waals surface area contributed by atoms with E-state index >= 15 is 0 Å². The summed E-state index contributed by atoms with van der Waals surface area (Å²) in [5, 5.41) is 12.0. The van der Waals surface area contributed by atoms with Crippen LogP contribution in [0.25, 0.3) is 10.4 Å². The molecule has 0 atom stereocenters. The molecule has 0 unspecified atom stereocenters. The smallest absolute Gasteiger partial charge is 0.412 e. The Kier molecular flexibility index (Phi) is 4.78. The first kappa shape index (κ1) is 18.1. The number of rotatable bonds is 3. The minimum atomic E-state index is -1.12. The lowest BCUT2D eigenvalue weighted by Crippen LogP contribution is -2.27. The number of carboxylic acid groups (broad SMARTS) is 1. The van der Waals surface area contributed by atoms with E-state index in [1.165, 1.54) is 0 Å². The van der Waals surface area contributed by atoms with Gasteiger partial charge in [0.1, 0.15) is 23.7 Å². The molecule has 0 saturated heterocycles. The zero-order chi connectivity index (χ0) is 18.9. The summed E-state index contributed by atoms with van der Waals surface area (Å²) in [5.74, 6) is 0.146. The lowest BCUT2D eigenvalue weighted by atomic mass is 10.1. The van der Waals surface area contributed by atoms with Crippen molar-refractivity contribution in [3.63, 3.8) is 0 Å². The lowest BCUT2D eigenvalue weighted by Gasteiger charge is -2.19. The van der Waals surface area contributed by atoms with E-state index in [1.54, 1.807) is 39.0 Å². The molecular weight excluding hydrogens is 358 g/mol. The van der Waals surface area contributed by atoms with Crippen LogP contribution in [0.2, 0.25) is 0 Å². The molecule has 1 amide bonds. The van der Waals surface area contributed by atoms with Crippen molar-refractivity contribution >= 4 is 29.1 Å². The van der Waals surface area contributed by atoms with Gasteiger partial charge in [0.25, 0.3) is 0 Å². The number of carboxylic acids is 1. The third kappa shape index (κ3) is 4.08. The number of carbonyl (C=O) groups is 2. The summed E-state index contributed by atoms with van der Waals surface area (Å²) in [4.78, 5) is 24.2. The molecule has 0 spiro atoms. The number of fused-ring (bicyclic) bond motifs is 1. The highest BCUT2D eigenvalue weighted by atomic mass is 32.1. The topological polar surface area (TPSA) is 94.1 Å². The highest BCUT2D eigenvalue weighted by Gasteiger charge is 2.22. The van der Waals surface area contributed by atoms with E-state index in [-0.39, 0.29) is 10.6 Å². The van der Waals surface area contributed by atoms with Gasteiger partial charge in [-0.1, -0.05) is 0 Å². The highest BCUT2D eigenvalue weighted by molar-refractivity contribution is 7.18. The van der Waals surface area contributed by atoms with Crippen LogP contribution < -0.4 is 14.8 Å². The normalized spacial score (nSPS) is 13.2. The second-order valence-corrected chi connectivity index (χ2v) is 7.70. The Morgan fingerprint density at radius 2 is 1.85 bits per heavy atom. The standard InChI is InChI=1S/C18H19NO6S/c1-18(2,3)25-17(22)19-11-9-14(26-15(11)16(20)21)10-4-5-12-13(8-10)24-7-6-23-12/h4-5,8-9H,6-7H2,1-3H3,(H,19,22)(H,20,21). The van der Waals surface area contributed by atoms with Gasteiger partial charge in [0.2, 0.25) is 0 Å². The fraction of sp³-hybridized carbons (Fsp3) is 0.333. The van der Waals surface area contributed by atoms with Crippen LogP contribution in [0.5, 0.6) is 11.5 Å². The molecule has 1 aromatic heterocycles. The molecule has 0 fully saturated rings. The maximum atomic E-state index is 12.0. The van der Waals surface area contributed by atoms with E-state index in [0.717, 1.165) is 16.9 Å². The third-order valence-corrected chi connectivity index (χ3v) is 4.56. The van der Waals surface area contributed by atoms with Crippen LogP contribution in [0.3, 0.4) is 0 Å². The molecule has 3 rings (SSSR count). The molecule has 7 nitrogen and oxygen atoms in total. The molecule has 0 saturated carbocycles. The molecule has 26 heavy (non-hydrogen) atoms. The molecule has 1 aliphatic rings. The molecule has 2 N–H and O–H groups in total. The third-order valence-electron chi connectivity index (χ3n) is 3.39. The van der Waals surface area contributed by atoms with Gasteiger partial charge in [0.15, 0.2) is 11.5 Å². The van der Waals surface area contributed by atoms with Crippen LogP contribution in [0, 0.1) is 0 Å². The Balaban J connectivity index is 1.90. The van der Waals surface area contributed by atoms with Gasteiger partial charge < -0.3 is 19.3 Å². The SMILES string of the molecule is CC(C)(C)OC(=O)Nc1cc(-c2ccc3c(c2)OCCO3)sc1C(=O)O. The highest BCUT2D eigenvalue weighted by Crippen LogP contribution is 2.39. The van der Waals surface area contributed by atoms with Crippen LogP contribution in [-0.4, -0.2) is 36.0 Å². The number of ether oxygens (including phenoxy) is 3. The summed E-state index contributed by atoms with van der Waals surface area (Å²) in [6.07, 6.45) is -0.702. The van der Waals surface area contributed by atoms with Gasteiger partial charge in [-0.2, -0.15) is 0 Å². The number of thiophene rings is 1. The van der Waals surface area contributed by atoms with Gasteiger partial charge in [-0.25, -0.2) is 9.59 Å². The van der Waals surface area contributed by atoms with E-state index in [0.29, 0.717) is 29.6 Å². The molecule has 0 aliphatic carbocycles. The second kappa shape index (κ2) is 6.87. The van der Waals surface area contributed by atoms with E-state index in [1.807, 2.05) is 6.07 Å². The lowest BCUT2D eigenvalue weighted by molar-refractivity contribution is 0.0636.